The molecule has 4 nitrogen and oxygen atoms in total. The van der Waals surface area contributed by atoms with Crippen LogP contribution in [0.4, 0.5) is 0 Å². The van der Waals surface area contributed by atoms with Crippen molar-refractivity contribution in [2.24, 2.45) is 0 Å². The first-order valence-corrected chi connectivity index (χ1v) is 10.1. The van der Waals surface area contributed by atoms with Crippen LogP contribution in [0.15, 0.2) is 21.0 Å². The Morgan fingerprint density at radius 2 is 1.90 bits per heavy atom. The lowest BCUT2D eigenvalue weighted by molar-refractivity contribution is 0.187. The Morgan fingerprint density at radius 1 is 1.29 bits per heavy atom. The molecule has 0 N–H and O–H groups in total. The first-order valence-electron chi connectivity index (χ1n) is 7.23. The molecule has 21 heavy (non-hydrogen) atoms. The van der Waals surface area contributed by atoms with Crippen molar-refractivity contribution in [3.63, 3.8) is 0 Å². The van der Waals surface area contributed by atoms with Crippen LogP contribution in [0.2, 0.25) is 18.1 Å². The molecule has 1 aliphatic rings. The van der Waals surface area contributed by atoms with Gasteiger partial charge in [0.05, 0.1) is 0 Å². The van der Waals surface area contributed by atoms with Crippen LogP contribution < -0.4 is 10.4 Å². The second-order valence-corrected chi connectivity index (χ2v) is 11.8. The molecule has 1 unspecified atom stereocenters. The van der Waals surface area contributed by atoms with Gasteiger partial charge in [0.1, 0.15) is 22.8 Å². The number of aryl methyl sites for hydroxylation is 1. The second kappa shape index (κ2) is 5.05. The summed E-state index contributed by atoms with van der Waals surface area (Å²) in [7, 11) is -1.96. The zero-order valence-corrected chi connectivity index (χ0v) is 14.9. The Hall–Kier alpha value is -1.49. The minimum Gasteiger partial charge on any atom is -0.544 e. The molecular weight excluding hydrogens is 284 g/mol. The summed E-state index contributed by atoms with van der Waals surface area (Å²) in [5.41, 5.74) is 0.0561. The van der Waals surface area contributed by atoms with Gasteiger partial charge in [0.2, 0.25) is 8.32 Å². The largest absolute Gasteiger partial charge is 0.544 e. The highest BCUT2D eigenvalue weighted by atomic mass is 28.4. The summed E-state index contributed by atoms with van der Waals surface area (Å²) < 4.78 is 17.3. The zero-order valence-electron chi connectivity index (χ0n) is 13.9. The normalized spacial score (nSPS) is 18.6. The van der Waals surface area contributed by atoms with E-state index in [0.29, 0.717) is 22.8 Å². The van der Waals surface area contributed by atoms with E-state index in [1.165, 1.54) is 0 Å². The lowest BCUT2D eigenvalue weighted by Gasteiger charge is -2.39. The van der Waals surface area contributed by atoms with E-state index in [1.807, 2.05) is 6.92 Å². The van der Waals surface area contributed by atoms with Gasteiger partial charge in [0.25, 0.3) is 0 Å². The second-order valence-electron chi connectivity index (χ2n) is 7.09. The van der Waals surface area contributed by atoms with E-state index in [-0.39, 0.29) is 16.8 Å². The monoisotopic (exact) mass is 308 g/mol. The zero-order chi connectivity index (χ0) is 16.0. The highest BCUT2D eigenvalue weighted by molar-refractivity contribution is 6.74. The minimum atomic E-state index is -1.96. The van der Waals surface area contributed by atoms with Gasteiger partial charge in [-0.05, 0) is 38.1 Å². The van der Waals surface area contributed by atoms with Crippen molar-refractivity contribution >= 4 is 14.4 Å². The van der Waals surface area contributed by atoms with Crippen molar-refractivity contribution in [1.82, 2.24) is 0 Å². The molecule has 0 radical (unpaired) electrons. The van der Waals surface area contributed by atoms with Crippen LogP contribution in [0.3, 0.4) is 0 Å². The summed E-state index contributed by atoms with van der Waals surface area (Å²) in [5.74, 6) is 1.83. The number of hydrogen-bond acceptors (Lipinski definition) is 4. The fourth-order valence-corrected chi connectivity index (χ4v) is 3.01. The fraction of sp³-hybridized carbons (Fsp3) is 0.562. The maximum atomic E-state index is 12.0. The molecule has 0 amide bonds. The van der Waals surface area contributed by atoms with Gasteiger partial charge in [-0.1, -0.05) is 20.8 Å². The van der Waals surface area contributed by atoms with Crippen molar-refractivity contribution in [3.8, 4) is 5.75 Å². The van der Waals surface area contributed by atoms with Crippen LogP contribution in [-0.2, 0) is 4.43 Å². The number of fused-ring (bicyclic) bond motifs is 1. The molecule has 1 aromatic heterocycles. The van der Waals surface area contributed by atoms with Crippen molar-refractivity contribution in [2.45, 2.75) is 58.9 Å². The molecule has 0 aliphatic carbocycles. The fourth-order valence-electron chi connectivity index (χ4n) is 1.89. The van der Waals surface area contributed by atoms with E-state index in [2.05, 4.69) is 33.9 Å². The van der Waals surface area contributed by atoms with Gasteiger partial charge in [-0.2, -0.15) is 0 Å². The Morgan fingerprint density at radius 3 is 2.48 bits per heavy atom. The average molecular weight is 308 g/mol. The summed E-state index contributed by atoms with van der Waals surface area (Å²) in [6, 6.07) is 1.74. The molecule has 0 fully saturated rings. The predicted octanol–water partition coefficient (Wildman–Crippen LogP) is 4.09. The lowest BCUT2D eigenvalue weighted by atomic mass is 10.1. The third-order valence-electron chi connectivity index (χ3n) is 4.24. The molecule has 116 valence electrons. The van der Waals surface area contributed by atoms with Crippen LogP contribution in [0.1, 0.15) is 39.0 Å². The Balaban J connectivity index is 2.42. The molecule has 0 saturated carbocycles. The lowest BCUT2D eigenvalue weighted by Crippen LogP contribution is -2.42. The molecule has 0 spiro atoms. The topological polar surface area (TPSA) is 48.7 Å². The molecule has 5 heteroatoms. The quantitative estimate of drug-likeness (QED) is 0.772. The molecule has 1 aliphatic heterocycles. The number of ether oxygens (including phenoxy) is 1. The van der Waals surface area contributed by atoms with Crippen LogP contribution in [0, 0.1) is 6.92 Å². The third-order valence-corrected chi connectivity index (χ3v) is 8.60. The summed E-state index contributed by atoms with van der Waals surface area (Å²) >= 11 is 0. The molecule has 2 rings (SSSR count). The van der Waals surface area contributed by atoms with Gasteiger partial charge < -0.3 is 13.6 Å². The van der Waals surface area contributed by atoms with Crippen molar-refractivity contribution in [1.29, 1.82) is 0 Å². The van der Waals surface area contributed by atoms with Gasteiger partial charge in [-0.25, -0.2) is 4.79 Å². The van der Waals surface area contributed by atoms with Gasteiger partial charge in [0.15, 0.2) is 6.10 Å². The first-order chi connectivity index (χ1) is 9.51. The maximum absolute atomic E-state index is 12.0. The van der Waals surface area contributed by atoms with Gasteiger partial charge in [0, 0.05) is 6.07 Å². The Kier molecular flexibility index (Phi) is 3.82. The SMILES string of the molecule is Cc1cc2c(c(=O)o1)C=C(O[Si](C)(C)C(C)(C)C)C(C)O2. The van der Waals surface area contributed by atoms with Crippen molar-refractivity contribution in [3.05, 3.63) is 33.6 Å². The minimum absolute atomic E-state index is 0.0891. The molecule has 2 heterocycles. The summed E-state index contributed by atoms with van der Waals surface area (Å²) in [6.07, 6.45) is 1.57. The van der Waals surface area contributed by atoms with Crippen molar-refractivity contribution < 1.29 is 13.6 Å². The highest BCUT2D eigenvalue weighted by Gasteiger charge is 2.41. The third kappa shape index (κ3) is 3.07. The van der Waals surface area contributed by atoms with Gasteiger partial charge in [-0.3, -0.25) is 0 Å². The van der Waals surface area contributed by atoms with E-state index in [9.17, 15) is 4.79 Å². The Bertz CT molecular complexity index is 635. The number of rotatable bonds is 2. The van der Waals surface area contributed by atoms with Crippen LogP contribution >= 0.6 is 0 Å². The van der Waals surface area contributed by atoms with E-state index in [1.54, 1.807) is 19.1 Å². The maximum Gasteiger partial charge on any atom is 0.347 e. The standard InChI is InChI=1S/C16H24O4Si/c1-10-8-14-12(15(17)18-10)9-13(11(2)19-14)20-21(6,7)16(3,4)5/h8-9,11H,1-7H3. The predicted molar refractivity (Wildman–Crippen MR) is 86.1 cm³/mol. The summed E-state index contributed by atoms with van der Waals surface area (Å²) in [4.78, 5) is 12.0. The summed E-state index contributed by atoms with van der Waals surface area (Å²) in [6.45, 7) is 14.6. The molecule has 0 bridgehead atoms. The van der Waals surface area contributed by atoms with E-state index >= 15 is 0 Å². The Labute approximate surface area is 126 Å². The van der Waals surface area contributed by atoms with E-state index in [0.717, 1.165) is 0 Å². The van der Waals surface area contributed by atoms with Gasteiger partial charge >= 0.3 is 5.63 Å². The van der Waals surface area contributed by atoms with E-state index < -0.39 is 8.32 Å². The molecule has 1 aromatic rings. The van der Waals surface area contributed by atoms with E-state index in [4.69, 9.17) is 13.6 Å². The number of hydrogen-bond donors (Lipinski definition) is 0. The van der Waals surface area contributed by atoms with Crippen LogP contribution in [0.5, 0.6) is 5.75 Å². The molecule has 0 saturated heterocycles. The molecule has 0 aromatic carbocycles. The first kappa shape index (κ1) is 15.9. The van der Waals surface area contributed by atoms with Crippen LogP contribution in [0.25, 0.3) is 6.08 Å². The average Bonchev–Trinajstić information content (AvgIpc) is 2.29. The molecular formula is C16H24O4Si. The molecule has 1 atom stereocenters. The smallest absolute Gasteiger partial charge is 0.347 e. The van der Waals surface area contributed by atoms with Gasteiger partial charge in [-0.15, -0.1) is 0 Å². The highest BCUT2D eigenvalue weighted by Crippen LogP contribution is 2.40. The van der Waals surface area contributed by atoms with Crippen molar-refractivity contribution in [2.75, 3.05) is 0 Å². The summed E-state index contributed by atoms with van der Waals surface area (Å²) in [5, 5.41) is 0.0891. The van der Waals surface area contributed by atoms with Crippen LogP contribution in [-0.4, -0.2) is 14.4 Å².